The Hall–Kier alpha value is -4.16. The van der Waals surface area contributed by atoms with Crippen molar-refractivity contribution in [3.8, 4) is 11.3 Å². The molecule has 3 atom stereocenters. The molecule has 19 heteroatoms. The molecule has 1 aromatic carbocycles. The van der Waals surface area contributed by atoms with Gasteiger partial charge in [-0.1, -0.05) is 0 Å². The van der Waals surface area contributed by atoms with E-state index >= 15 is 13.2 Å². The second kappa shape index (κ2) is 14.7. The van der Waals surface area contributed by atoms with Crippen LogP contribution in [-0.2, 0) is 14.8 Å². The largest absolute Gasteiger partial charge is 0.444 e. The molecule has 4 rings (SSSR count). The summed E-state index contributed by atoms with van der Waals surface area (Å²) in [7, 11) is -4.78. The lowest BCUT2D eigenvalue weighted by Gasteiger charge is -2.45. The van der Waals surface area contributed by atoms with Crippen molar-refractivity contribution in [1.29, 1.82) is 0 Å². The number of carbonyl (C=O) groups is 1. The first-order valence-electron chi connectivity index (χ1n) is 16.5. The zero-order valence-electron chi connectivity index (χ0n) is 30.0. The number of alkyl halides is 4. The van der Waals surface area contributed by atoms with Crippen LogP contribution in [0.15, 0.2) is 23.1 Å². The average Bonchev–Trinajstić information content (AvgIpc) is 2.97. The number of hydrogen-bond donors (Lipinski definition) is 2. The summed E-state index contributed by atoms with van der Waals surface area (Å²) in [5.74, 6) is -4.38. The molecule has 1 aliphatic rings. The number of ether oxygens (including phenoxy) is 1. The average molecular weight is 764 g/mol. The van der Waals surface area contributed by atoms with Gasteiger partial charge in [0.1, 0.15) is 28.7 Å². The highest BCUT2D eigenvalue weighted by atomic mass is 32.2. The Morgan fingerprint density at radius 1 is 1.06 bits per heavy atom. The van der Waals surface area contributed by atoms with Gasteiger partial charge in [-0.05, 0) is 80.4 Å². The molecule has 1 fully saturated rings. The fraction of sp³-hybridized carbons (Fsp3) is 0.606. The maximum Gasteiger partial charge on any atom is 0.411 e. The Morgan fingerprint density at radius 2 is 1.67 bits per heavy atom. The fourth-order valence-corrected chi connectivity index (χ4v) is 7.03. The van der Waals surface area contributed by atoms with Crippen LogP contribution >= 0.6 is 0 Å². The molecule has 0 saturated heterocycles. The van der Waals surface area contributed by atoms with Gasteiger partial charge in [0.05, 0.1) is 24.4 Å². The number of benzene rings is 1. The fourth-order valence-electron chi connectivity index (χ4n) is 5.92. The lowest BCUT2D eigenvalue weighted by atomic mass is 9.86. The van der Waals surface area contributed by atoms with E-state index in [1.807, 2.05) is 20.8 Å². The van der Waals surface area contributed by atoms with Gasteiger partial charge in [0.2, 0.25) is 16.0 Å². The molecule has 3 unspecified atom stereocenters. The van der Waals surface area contributed by atoms with Gasteiger partial charge in [0, 0.05) is 29.6 Å². The van der Waals surface area contributed by atoms with Crippen LogP contribution in [0.5, 0.6) is 0 Å². The lowest BCUT2D eigenvalue weighted by Crippen LogP contribution is -2.58. The molecule has 2 aromatic heterocycles. The molecule has 288 valence electrons. The van der Waals surface area contributed by atoms with Crippen molar-refractivity contribution in [3.63, 3.8) is 0 Å². The van der Waals surface area contributed by atoms with Crippen LogP contribution in [0.4, 0.5) is 42.8 Å². The molecule has 3 aromatic rings. The molecule has 0 spiro atoms. The van der Waals surface area contributed by atoms with Crippen molar-refractivity contribution in [1.82, 2.24) is 24.4 Å². The summed E-state index contributed by atoms with van der Waals surface area (Å²) in [5, 5.41) is 3.10. The molecule has 2 N–H and O–H groups in total. The zero-order valence-corrected chi connectivity index (χ0v) is 30.8. The number of rotatable bonds is 9. The Kier molecular flexibility index (Phi) is 11.5. The molecule has 52 heavy (non-hydrogen) atoms. The van der Waals surface area contributed by atoms with Crippen molar-refractivity contribution in [3.05, 3.63) is 40.3 Å². The zero-order chi connectivity index (χ0) is 39.1. The monoisotopic (exact) mass is 763 g/mol. The number of fused-ring (bicyclic) bond motifs is 1. The molecule has 1 saturated carbocycles. The maximum atomic E-state index is 15.8. The lowest BCUT2D eigenvalue weighted by molar-refractivity contribution is -0.129. The predicted octanol–water partition coefficient (Wildman–Crippen LogP) is 7.11. The van der Waals surface area contributed by atoms with Crippen LogP contribution in [0.1, 0.15) is 87.1 Å². The predicted molar refractivity (Wildman–Crippen MR) is 183 cm³/mol. The van der Waals surface area contributed by atoms with E-state index in [9.17, 15) is 31.2 Å². The highest BCUT2D eigenvalue weighted by Gasteiger charge is 2.43. The van der Waals surface area contributed by atoms with E-state index in [-0.39, 0.29) is 29.1 Å². The second-order valence-electron chi connectivity index (χ2n) is 15.0. The smallest absolute Gasteiger partial charge is 0.411 e. The third kappa shape index (κ3) is 9.83. The van der Waals surface area contributed by atoms with Gasteiger partial charge in [-0.25, -0.2) is 36.4 Å². The van der Waals surface area contributed by atoms with Gasteiger partial charge in [-0.15, -0.1) is 0 Å². The summed E-state index contributed by atoms with van der Waals surface area (Å²) in [5.41, 5.74) is -4.20. The summed E-state index contributed by atoms with van der Waals surface area (Å²) < 4.78 is 116. The molecule has 0 aliphatic heterocycles. The summed E-state index contributed by atoms with van der Waals surface area (Å²) in [4.78, 5) is 41.2. The number of hydrogen-bond acceptors (Lipinski definition) is 9. The van der Waals surface area contributed by atoms with Crippen molar-refractivity contribution in [2.75, 3.05) is 15.8 Å². The maximum absolute atomic E-state index is 15.8. The number of nitrogens with zero attached hydrogens (tertiary/aromatic N) is 5. The quantitative estimate of drug-likeness (QED) is 0.218. The summed E-state index contributed by atoms with van der Waals surface area (Å²) in [6, 6.07) is -0.469. The number of sulfonamides is 1. The van der Waals surface area contributed by atoms with Crippen LogP contribution in [0.25, 0.3) is 22.4 Å². The van der Waals surface area contributed by atoms with Crippen molar-refractivity contribution < 1.29 is 44.3 Å². The summed E-state index contributed by atoms with van der Waals surface area (Å²) in [6.07, 6.45) is -6.54. The Morgan fingerprint density at radius 3 is 2.19 bits per heavy atom. The van der Waals surface area contributed by atoms with Gasteiger partial charge in [0.15, 0.2) is 17.3 Å². The molecular formula is C33H43F6N7O5S. The Balaban J connectivity index is 1.60. The summed E-state index contributed by atoms with van der Waals surface area (Å²) in [6.45, 7) is 13.9. The first kappa shape index (κ1) is 40.6. The number of nitrogens with one attached hydrogen (secondary N) is 2. The van der Waals surface area contributed by atoms with E-state index < -0.39 is 98.5 Å². The Bertz CT molecular complexity index is 1950. The third-order valence-electron chi connectivity index (χ3n) is 8.09. The highest BCUT2D eigenvalue weighted by Crippen LogP contribution is 2.34. The summed E-state index contributed by atoms with van der Waals surface area (Å²) >= 11 is 0. The van der Waals surface area contributed by atoms with E-state index in [1.165, 1.54) is 20.4 Å². The minimum Gasteiger partial charge on any atom is -0.444 e. The normalized spacial score (nSPS) is 18.8. The Labute approximate surface area is 297 Å². The van der Waals surface area contributed by atoms with E-state index in [0.29, 0.717) is 25.0 Å². The molecule has 0 radical (unpaired) electrons. The van der Waals surface area contributed by atoms with Crippen LogP contribution in [0.3, 0.4) is 0 Å². The van der Waals surface area contributed by atoms with E-state index in [2.05, 4.69) is 20.3 Å². The van der Waals surface area contributed by atoms with Crippen LogP contribution in [0.2, 0.25) is 0 Å². The standard InChI is InChI=1S/C33H43F6N7O5S/c1-17(2)45-27-23(42-25(28(45)47)18-13-21(35)26(22(36)14-18)44-52(49,50)12-11-33(37,38)39)16-40-29(43-27)41-19-9-10-24(20(34)15-19)46(31(3,4)5)30(48)51-32(6,7)8/h13-14,16-17,19-20,24,44H,9-12,15H2,1-8H3,(H,40,41,43). The third-order valence-corrected chi connectivity index (χ3v) is 9.35. The van der Waals surface area contributed by atoms with Gasteiger partial charge in [-0.2, -0.15) is 18.2 Å². The van der Waals surface area contributed by atoms with E-state index in [0.717, 1.165) is 0 Å². The van der Waals surface area contributed by atoms with Crippen LogP contribution in [-0.4, -0.2) is 80.3 Å². The minimum atomic E-state index is -4.82. The van der Waals surface area contributed by atoms with Crippen molar-refractivity contribution in [2.24, 2.45) is 0 Å². The topological polar surface area (TPSA) is 148 Å². The molecule has 1 amide bonds. The molecule has 2 heterocycles. The van der Waals surface area contributed by atoms with Crippen molar-refractivity contribution in [2.45, 2.75) is 123 Å². The molecule has 0 bridgehead atoms. The molecule has 1 aliphatic carbocycles. The van der Waals surface area contributed by atoms with Gasteiger partial charge in [0.25, 0.3) is 5.56 Å². The first-order chi connectivity index (χ1) is 23.8. The highest BCUT2D eigenvalue weighted by molar-refractivity contribution is 7.92. The van der Waals surface area contributed by atoms with Gasteiger partial charge in [-0.3, -0.25) is 19.0 Å². The number of aromatic nitrogens is 4. The van der Waals surface area contributed by atoms with E-state index in [4.69, 9.17) is 4.74 Å². The van der Waals surface area contributed by atoms with E-state index in [1.54, 1.807) is 34.6 Å². The van der Waals surface area contributed by atoms with Crippen LogP contribution < -0.4 is 15.6 Å². The SMILES string of the molecule is CC(C)n1c(=O)c(-c2cc(F)c(NS(=O)(=O)CCC(F)(F)F)c(F)c2)nc2cnc(NC3CCC(N(C(=O)OC(C)(C)C)C(C)(C)C)C(F)C3)nc21. The molecular weight excluding hydrogens is 720 g/mol. The number of halogens is 6. The minimum absolute atomic E-state index is 0.0151. The first-order valence-corrected chi connectivity index (χ1v) is 18.2. The number of anilines is 2. The van der Waals surface area contributed by atoms with Gasteiger partial charge >= 0.3 is 12.3 Å². The number of amides is 1. The van der Waals surface area contributed by atoms with Crippen LogP contribution in [0, 0.1) is 11.6 Å². The second-order valence-corrected chi connectivity index (χ2v) is 16.8. The number of carbonyl (C=O) groups excluding carboxylic acids is 1. The van der Waals surface area contributed by atoms with Gasteiger partial charge < -0.3 is 10.1 Å². The molecule has 12 nitrogen and oxygen atoms in total. The van der Waals surface area contributed by atoms with Crippen molar-refractivity contribution >= 4 is 38.9 Å².